The number of sulfonamides is 1. The van der Waals surface area contributed by atoms with Gasteiger partial charge in [-0.05, 0) is 25.8 Å². The number of nitriles is 1. The average molecular weight is 229 g/mol. The molecule has 2 heterocycles. The molecule has 6 heteroatoms. The van der Waals surface area contributed by atoms with Gasteiger partial charge in [0.2, 0.25) is 10.0 Å². The van der Waals surface area contributed by atoms with Crippen molar-refractivity contribution in [3.8, 4) is 6.07 Å². The minimum absolute atomic E-state index is 0.0421. The normalized spacial score (nSPS) is 36.4. The molecule has 0 aromatic rings. The van der Waals surface area contributed by atoms with E-state index in [-0.39, 0.29) is 12.1 Å². The second kappa shape index (κ2) is 3.74. The summed E-state index contributed by atoms with van der Waals surface area (Å²) in [6.45, 7) is 3.54. The highest BCUT2D eigenvalue weighted by atomic mass is 32.2. The van der Waals surface area contributed by atoms with Crippen LogP contribution in [0.2, 0.25) is 0 Å². The van der Waals surface area contributed by atoms with Gasteiger partial charge in [-0.3, -0.25) is 0 Å². The molecule has 0 bridgehead atoms. The molecule has 2 fully saturated rings. The monoisotopic (exact) mass is 229 g/mol. The standard InChI is InChI=1S/C9H15N3O2S/c1-7-4-8-5-11-6-9(8)12(7)15(13,14)3-2-10/h7-9,11H,3-6H2,1H3. The van der Waals surface area contributed by atoms with E-state index in [4.69, 9.17) is 5.26 Å². The zero-order valence-corrected chi connectivity index (χ0v) is 9.50. The molecule has 0 radical (unpaired) electrons. The van der Waals surface area contributed by atoms with Crippen molar-refractivity contribution in [3.63, 3.8) is 0 Å². The quantitative estimate of drug-likeness (QED) is 0.694. The van der Waals surface area contributed by atoms with Crippen LogP contribution in [0.25, 0.3) is 0 Å². The van der Waals surface area contributed by atoms with Crippen LogP contribution in [0.1, 0.15) is 13.3 Å². The Morgan fingerprint density at radius 3 is 2.93 bits per heavy atom. The molecule has 15 heavy (non-hydrogen) atoms. The largest absolute Gasteiger partial charge is 0.315 e. The summed E-state index contributed by atoms with van der Waals surface area (Å²) in [5.41, 5.74) is 0. The van der Waals surface area contributed by atoms with E-state index in [0.717, 1.165) is 19.5 Å². The fourth-order valence-electron chi connectivity index (χ4n) is 2.76. The van der Waals surface area contributed by atoms with Crippen molar-refractivity contribution in [3.05, 3.63) is 0 Å². The Balaban J connectivity index is 2.25. The Kier molecular flexibility index (Phi) is 2.71. The lowest BCUT2D eigenvalue weighted by atomic mass is 10.0. The summed E-state index contributed by atoms with van der Waals surface area (Å²) in [6, 6.07) is 1.85. The lowest BCUT2D eigenvalue weighted by Crippen LogP contribution is -2.43. The van der Waals surface area contributed by atoms with Crippen LogP contribution >= 0.6 is 0 Å². The van der Waals surface area contributed by atoms with Gasteiger partial charge in [0.15, 0.2) is 5.75 Å². The Labute approximate surface area is 90.1 Å². The molecule has 0 spiro atoms. The van der Waals surface area contributed by atoms with E-state index < -0.39 is 15.8 Å². The molecule has 84 valence electrons. The zero-order valence-electron chi connectivity index (χ0n) is 8.68. The second-order valence-electron chi connectivity index (χ2n) is 4.31. The summed E-state index contributed by atoms with van der Waals surface area (Å²) in [7, 11) is -3.38. The highest BCUT2D eigenvalue weighted by molar-refractivity contribution is 7.89. The first-order valence-corrected chi connectivity index (χ1v) is 6.76. The second-order valence-corrected chi connectivity index (χ2v) is 6.19. The Hall–Kier alpha value is -0.640. The van der Waals surface area contributed by atoms with Crippen LogP contribution < -0.4 is 5.32 Å². The van der Waals surface area contributed by atoms with Crippen LogP contribution in [-0.2, 0) is 10.0 Å². The predicted molar refractivity (Wildman–Crippen MR) is 55.5 cm³/mol. The smallest absolute Gasteiger partial charge is 0.228 e. The summed E-state index contributed by atoms with van der Waals surface area (Å²) >= 11 is 0. The molecule has 5 nitrogen and oxygen atoms in total. The third-order valence-corrected chi connectivity index (χ3v) is 5.04. The van der Waals surface area contributed by atoms with E-state index in [1.54, 1.807) is 10.4 Å². The van der Waals surface area contributed by atoms with Crippen molar-refractivity contribution in [1.29, 1.82) is 5.26 Å². The Morgan fingerprint density at radius 1 is 1.53 bits per heavy atom. The predicted octanol–water partition coefficient (Wildman–Crippen LogP) is -0.478. The summed E-state index contributed by atoms with van der Waals surface area (Å²) < 4.78 is 25.3. The molecule has 3 unspecified atom stereocenters. The Bertz CT molecular complexity index is 387. The number of fused-ring (bicyclic) bond motifs is 1. The van der Waals surface area contributed by atoms with Gasteiger partial charge >= 0.3 is 0 Å². The van der Waals surface area contributed by atoms with Gasteiger partial charge in [-0.15, -0.1) is 0 Å². The first-order valence-electron chi connectivity index (χ1n) is 5.15. The van der Waals surface area contributed by atoms with Gasteiger partial charge < -0.3 is 5.32 Å². The van der Waals surface area contributed by atoms with Crippen molar-refractivity contribution in [1.82, 2.24) is 9.62 Å². The van der Waals surface area contributed by atoms with E-state index >= 15 is 0 Å². The van der Waals surface area contributed by atoms with Gasteiger partial charge in [0.05, 0.1) is 6.07 Å². The minimum Gasteiger partial charge on any atom is -0.315 e. The molecule has 0 saturated carbocycles. The fourth-order valence-corrected chi connectivity index (χ4v) is 4.37. The maximum absolute atomic E-state index is 11.9. The number of hydrogen-bond donors (Lipinski definition) is 1. The first kappa shape index (κ1) is 10.9. The molecule has 1 N–H and O–H groups in total. The van der Waals surface area contributed by atoms with Crippen LogP contribution in [0.3, 0.4) is 0 Å². The topological polar surface area (TPSA) is 73.2 Å². The molecular weight excluding hydrogens is 214 g/mol. The van der Waals surface area contributed by atoms with Gasteiger partial charge in [0.25, 0.3) is 0 Å². The number of nitrogens with one attached hydrogen (secondary N) is 1. The highest BCUT2D eigenvalue weighted by Gasteiger charge is 2.47. The van der Waals surface area contributed by atoms with Crippen LogP contribution in [0.5, 0.6) is 0 Å². The number of nitrogens with zero attached hydrogens (tertiary/aromatic N) is 2. The molecule has 0 aromatic carbocycles. The molecule has 2 rings (SSSR count). The van der Waals surface area contributed by atoms with Crippen molar-refractivity contribution < 1.29 is 8.42 Å². The van der Waals surface area contributed by atoms with Gasteiger partial charge in [-0.1, -0.05) is 0 Å². The molecule has 0 aliphatic carbocycles. The highest BCUT2D eigenvalue weighted by Crippen LogP contribution is 2.34. The van der Waals surface area contributed by atoms with E-state index in [9.17, 15) is 8.42 Å². The van der Waals surface area contributed by atoms with Gasteiger partial charge in [-0.2, -0.15) is 9.57 Å². The van der Waals surface area contributed by atoms with Gasteiger partial charge in [0.1, 0.15) is 0 Å². The van der Waals surface area contributed by atoms with Crippen LogP contribution in [0.4, 0.5) is 0 Å². The fraction of sp³-hybridized carbons (Fsp3) is 0.889. The maximum atomic E-state index is 11.9. The zero-order chi connectivity index (χ0) is 11.1. The van der Waals surface area contributed by atoms with Crippen molar-refractivity contribution >= 4 is 10.0 Å². The van der Waals surface area contributed by atoms with E-state index in [0.29, 0.717) is 5.92 Å². The third-order valence-electron chi connectivity index (χ3n) is 3.28. The summed E-state index contributed by atoms with van der Waals surface area (Å²) in [6.07, 6.45) is 0.905. The summed E-state index contributed by atoms with van der Waals surface area (Å²) in [4.78, 5) is 0. The van der Waals surface area contributed by atoms with E-state index in [1.165, 1.54) is 0 Å². The SMILES string of the molecule is CC1CC2CNCC2N1S(=O)(=O)CC#N. The minimum atomic E-state index is -3.38. The lowest BCUT2D eigenvalue weighted by molar-refractivity contribution is 0.337. The van der Waals surface area contributed by atoms with Crippen LogP contribution in [0, 0.1) is 17.2 Å². The molecule has 3 atom stereocenters. The number of hydrogen-bond acceptors (Lipinski definition) is 4. The molecule has 2 aliphatic heterocycles. The summed E-state index contributed by atoms with van der Waals surface area (Å²) in [5, 5.41) is 11.7. The lowest BCUT2D eigenvalue weighted by Gasteiger charge is -2.25. The summed E-state index contributed by atoms with van der Waals surface area (Å²) in [5.74, 6) is 0.0223. The van der Waals surface area contributed by atoms with Gasteiger partial charge in [-0.25, -0.2) is 8.42 Å². The molecule has 0 aromatic heterocycles. The van der Waals surface area contributed by atoms with E-state index in [1.807, 2.05) is 6.92 Å². The van der Waals surface area contributed by atoms with Crippen molar-refractivity contribution in [2.24, 2.45) is 5.92 Å². The molecule has 2 saturated heterocycles. The van der Waals surface area contributed by atoms with Crippen molar-refractivity contribution in [2.45, 2.75) is 25.4 Å². The number of rotatable bonds is 2. The van der Waals surface area contributed by atoms with Crippen LogP contribution in [-0.4, -0.2) is 43.6 Å². The average Bonchev–Trinajstić information content (AvgIpc) is 2.61. The molecular formula is C9H15N3O2S. The Morgan fingerprint density at radius 2 is 2.27 bits per heavy atom. The molecule has 2 aliphatic rings. The van der Waals surface area contributed by atoms with Crippen LogP contribution in [0.15, 0.2) is 0 Å². The first-order chi connectivity index (χ1) is 7.06. The van der Waals surface area contributed by atoms with Gasteiger partial charge in [0, 0.05) is 18.6 Å². The van der Waals surface area contributed by atoms with Crippen molar-refractivity contribution in [2.75, 3.05) is 18.8 Å². The van der Waals surface area contributed by atoms with E-state index in [2.05, 4.69) is 5.32 Å². The molecule has 0 amide bonds. The maximum Gasteiger partial charge on any atom is 0.228 e. The third kappa shape index (κ3) is 1.75.